The van der Waals surface area contributed by atoms with Crippen molar-refractivity contribution in [3.8, 4) is 0 Å². The molecule has 0 bridgehead atoms. The number of anilines is 1. The summed E-state index contributed by atoms with van der Waals surface area (Å²) in [6, 6.07) is 0. The maximum absolute atomic E-state index is 5.85. The summed E-state index contributed by atoms with van der Waals surface area (Å²) in [6.45, 7) is 8.79. The fourth-order valence-electron chi connectivity index (χ4n) is 1.67. The molecule has 1 rings (SSSR count). The molecule has 0 unspecified atom stereocenters. The SMILES string of the molecule is CCC(CC)(CN)Nc1nc(C)cnc1C. The van der Waals surface area contributed by atoms with E-state index in [4.69, 9.17) is 5.73 Å². The first kappa shape index (κ1) is 12.9. The lowest BCUT2D eigenvalue weighted by atomic mass is 9.93. The highest BCUT2D eigenvalue weighted by atomic mass is 15.1. The maximum Gasteiger partial charge on any atom is 0.148 e. The van der Waals surface area contributed by atoms with Crippen LogP contribution in [0.2, 0.25) is 0 Å². The van der Waals surface area contributed by atoms with Crippen molar-refractivity contribution < 1.29 is 0 Å². The van der Waals surface area contributed by atoms with Gasteiger partial charge < -0.3 is 11.1 Å². The summed E-state index contributed by atoms with van der Waals surface area (Å²) in [5, 5.41) is 3.45. The third kappa shape index (κ3) is 2.70. The van der Waals surface area contributed by atoms with Gasteiger partial charge in [-0.25, -0.2) is 4.98 Å². The highest BCUT2D eigenvalue weighted by Crippen LogP contribution is 2.21. The van der Waals surface area contributed by atoms with Gasteiger partial charge in [-0.3, -0.25) is 4.98 Å². The summed E-state index contributed by atoms with van der Waals surface area (Å²) in [4.78, 5) is 8.77. The molecular weight excluding hydrogens is 200 g/mol. The second-order valence-electron chi connectivity index (χ2n) is 4.26. The van der Waals surface area contributed by atoms with Crippen LogP contribution in [0.15, 0.2) is 6.20 Å². The Hall–Kier alpha value is -1.16. The van der Waals surface area contributed by atoms with E-state index in [0.29, 0.717) is 6.54 Å². The molecule has 4 nitrogen and oxygen atoms in total. The van der Waals surface area contributed by atoms with E-state index in [9.17, 15) is 0 Å². The van der Waals surface area contributed by atoms with Gasteiger partial charge in [0.05, 0.1) is 16.9 Å². The Morgan fingerprint density at radius 2 is 1.94 bits per heavy atom. The van der Waals surface area contributed by atoms with Gasteiger partial charge in [-0.1, -0.05) is 13.8 Å². The molecule has 0 spiro atoms. The standard InChI is InChI=1S/C12H22N4/c1-5-12(6-2,8-13)16-11-10(4)14-7-9(3)15-11/h7H,5-6,8,13H2,1-4H3,(H,15,16). The summed E-state index contributed by atoms with van der Waals surface area (Å²) >= 11 is 0. The van der Waals surface area contributed by atoms with Crippen LogP contribution in [0.3, 0.4) is 0 Å². The fraction of sp³-hybridized carbons (Fsp3) is 0.667. The molecule has 0 aliphatic carbocycles. The van der Waals surface area contributed by atoms with E-state index in [1.54, 1.807) is 6.20 Å². The monoisotopic (exact) mass is 222 g/mol. The molecule has 0 atom stereocenters. The van der Waals surface area contributed by atoms with Crippen molar-refractivity contribution in [3.05, 3.63) is 17.6 Å². The average molecular weight is 222 g/mol. The Balaban J connectivity index is 2.97. The third-order valence-corrected chi connectivity index (χ3v) is 3.20. The third-order valence-electron chi connectivity index (χ3n) is 3.20. The number of hydrogen-bond acceptors (Lipinski definition) is 4. The summed E-state index contributed by atoms with van der Waals surface area (Å²) < 4.78 is 0. The van der Waals surface area contributed by atoms with E-state index >= 15 is 0 Å². The Morgan fingerprint density at radius 3 is 2.44 bits per heavy atom. The van der Waals surface area contributed by atoms with Crippen LogP contribution >= 0.6 is 0 Å². The molecule has 0 fully saturated rings. The highest BCUT2D eigenvalue weighted by molar-refractivity contribution is 5.42. The average Bonchev–Trinajstić information content (AvgIpc) is 2.31. The van der Waals surface area contributed by atoms with Gasteiger partial charge in [-0.2, -0.15) is 0 Å². The minimum Gasteiger partial charge on any atom is -0.362 e. The lowest BCUT2D eigenvalue weighted by molar-refractivity contribution is 0.443. The lowest BCUT2D eigenvalue weighted by Gasteiger charge is -2.32. The molecule has 0 saturated heterocycles. The molecule has 1 aromatic rings. The van der Waals surface area contributed by atoms with E-state index in [0.717, 1.165) is 30.0 Å². The zero-order valence-corrected chi connectivity index (χ0v) is 10.7. The molecule has 1 aromatic heterocycles. The number of nitrogens with one attached hydrogen (secondary N) is 1. The van der Waals surface area contributed by atoms with Gasteiger partial charge in [0.25, 0.3) is 0 Å². The summed E-state index contributed by atoms with van der Waals surface area (Å²) in [5.74, 6) is 0.856. The van der Waals surface area contributed by atoms with Crippen molar-refractivity contribution in [2.75, 3.05) is 11.9 Å². The molecule has 0 radical (unpaired) electrons. The molecule has 0 aliphatic rings. The first-order chi connectivity index (χ1) is 7.56. The predicted molar refractivity (Wildman–Crippen MR) is 67.5 cm³/mol. The quantitative estimate of drug-likeness (QED) is 0.800. The van der Waals surface area contributed by atoms with Crippen molar-refractivity contribution >= 4 is 5.82 Å². The van der Waals surface area contributed by atoms with Crippen LogP contribution in [0.5, 0.6) is 0 Å². The van der Waals surface area contributed by atoms with Gasteiger partial charge in [-0.15, -0.1) is 0 Å². The number of aromatic nitrogens is 2. The summed E-state index contributed by atoms with van der Waals surface area (Å²) in [5.41, 5.74) is 7.64. The Labute approximate surface area is 97.7 Å². The van der Waals surface area contributed by atoms with E-state index < -0.39 is 0 Å². The first-order valence-corrected chi connectivity index (χ1v) is 5.85. The Kier molecular flexibility index (Phi) is 4.24. The van der Waals surface area contributed by atoms with Crippen molar-refractivity contribution in [2.24, 2.45) is 5.73 Å². The van der Waals surface area contributed by atoms with Crippen LogP contribution in [0.4, 0.5) is 5.82 Å². The van der Waals surface area contributed by atoms with Crippen molar-refractivity contribution in [1.29, 1.82) is 0 Å². The number of nitrogens with two attached hydrogens (primary N) is 1. The number of hydrogen-bond donors (Lipinski definition) is 2. The van der Waals surface area contributed by atoms with Crippen molar-refractivity contribution in [2.45, 2.75) is 46.1 Å². The highest BCUT2D eigenvalue weighted by Gasteiger charge is 2.25. The smallest absolute Gasteiger partial charge is 0.148 e. The van der Waals surface area contributed by atoms with Gasteiger partial charge in [0.1, 0.15) is 5.82 Å². The van der Waals surface area contributed by atoms with Gasteiger partial charge in [0.15, 0.2) is 0 Å². The van der Waals surface area contributed by atoms with Crippen LogP contribution in [0.25, 0.3) is 0 Å². The van der Waals surface area contributed by atoms with Crippen LogP contribution in [-0.2, 0) is 0 Å². The first-order valence-electron chi connectivity index (χ1n) is 5.85. The molecule has 4 heteroatoms. The van der Waals surface area contributed by atoms with Crippen LogP contribution in [0.1, 0.15) is 38.1 Å². The second kappa shape index (κ2) is 5.25. The maximum atomic E-state index is 5.85. The van der Waals surface area contributed by atoms with E-state index in [1.165, 1.54) is 0 Å². The van der Waals surface area contributed by atoms with E-state index in [1.807, 2.05) is 13.8 Å². The molecular formula is C12H22N4. The normalized spacial score (nSPS) is 11.6. The zero-order valence-electron chi connectivity index (χ0n) is 10.7. The lowest BCUT2D eigenvalue weighted by Crippen LogP contribution is -2.44. The number of nitrogens with zero attached hydrogens (tertiary/aromatic N) is 2. The van der Waals surface area contributed by atoms with Crippen LogP contribution in [0, 0.1) is 13.8 Å². The molecule has 0 aromatic carbocycles. The van der Waals surface area contributed by atoms with Crippen molar-refractivity contribution in [1.82, 2.24) is 9.97 Å². The van der Waals surface area contributed by atoms with Gasteiger partial charge in [0, 0.05) is 12.7 Å². The van der Waals surface area contributed by atoms with E-state index in [-0.39, 0.29) is 5.54 Å². The van der Waals surface area contributed by atoms with Gasteiger partial charge in [-0.05, 0) is 26.7 Å². The Morgan fingerprint density at radius 1 is 1.31 bits per heavy atom. The van der Waals surface area contributed by atoms with Gasteiger partial charge in [0.2, 0.25) is 0 Å². The van der Waals surface area contributed by atoms with Crippen LogP contribution < -0.4 is 11.1 Å². The molecule has 0 saturated carbocycles. The number of aryl methyl sites for hydroxylation is 2. The molecule has 0 amide bonds. The molecule has 0 aliphatic heterocycles. The zero-order chi connectivity index (χ0) is 12.2. The summed E-state index contributed by atoms with van der Waals surface area (Å²) in [7, 11) is 0. The van der Waals surface area contributed by atoms with E-state index in [2.05, 4.69) is 29.1 Å². The van der Waals surface area contributed by atoms with Gasteiger partial charge >= 0.3 is 0 Å². The number of rotatable bonds is 5. The van der Waals surface area contributed by atoms with Crippen molar-refractivity contribution in [3.63, 3.8) is 0 Å². The predicted octanol–water partition coefficient (Wildman–Crippen LogP) is 2.02. The minimum atomic E-state index is -0.0623. The van der Waals surface area contributed by atoms with Crippen LogP contribution in [-0.4, -0.2) is 22.1 Å². The largest absolute Gasteiger partial charge is 0.362 e. The molecule has 90 valence electrons. The Bertz CT molecular complexity index is 337. The molecule has 3 N–H and O–H groups in total. The summed E-state index contributed by atoms with van der Waals surface area (Å²) in [6.07, 6.45) is 3.74. The molecule has 16 heavy (non-hydrogen) atoms. The topological polar surface area (TPSA) is 63.8 Å². The fourth-order valence-corrected chi connectivity index (χ4v) is 1.67. The second-order valence-corrected chi connectivity index (χ2v) is 4.26. The molecule has 1 heterocycles. The minimum absolute atomic E-state index is 0.0623.